The molecule has 2 amide bonds. The minimum absolute atomic E-state index is 0.0298. The van der Waals surface area contributed by atoms with Crippen LogP contribution in [0.4, 0.5) is 10.8 Å². The van der Waals surface area contributed by atoms with Crippen LogP contribution in [0.5, 0.6) is 0 Å². The summed E-state index contributed by atoms with van der Waals surface area (Å²) in [5.74, 6) is -0.527. The Morgan fingerprint density at radius 3 is 2.77 bits per heavy atom. The van der Waals surface area contributed by atoms with Crippen LogP contribution in [0.25, 0.3) is 0 Å². The quantitative estimate of drug-likeness (QED) is 0.890. The first-order valence-corrected chi connectivity index (χ1v) is 8.43. The van der Waals surface area contributed by atoms with Crippen molar-refractivity contribution in [2.45, 2.75) is 13.3 Å². The zero-order chi connectivity index (χ0) is 15.7. The predicted molar refractivity (Wildman–Crippen MR) is 90.1 cm³/mol. The average Bonchev–Trinajstić information content (AvgIpc) is 3.06. The first-order valence-electron chi connectivity index (χ1n) is 6.82. The normalized spacial score (nSPS) is 17.8. The number of carbonyl (C=O) groups excluding carboxylic acids is 2. The largest absolute Gasteiger partial charge is 0.312 e. The molecule has 0 aliphatic carbocycles. The van der Waals surface area contributed by atoms with Crippen LogP contribution >= 0.6 is 27.3 Å². The molecule has 2 heterocycles. The summed E-state index contributed by atoms with van der Waals surface area (Å²) in [6.45, 7) is 2.33. The number of nitrogens with zero attached hydrogens (tertiary/aromatic N) is 2. The van der Waals surface area contributed by atoms with E-state index in [1.54, 1.807) is 11.1 Å². The van der Waals surface area contributed by atoms with Gasteiger partial charge < -0.3 is 10.2 Å². The minimum Gasteiger partial charge on any atom is -0.312 e. The van der Waals surface area contributed by atoms with E-state index in [1.807, 2.05) is 31.2 Å². The van der Waals surface area contributed by atoms with E-state index in [9.17, 15) is 9.59 Å². The van der Waals surface area contributed by atoms with E-state index in [0.717, 1.165) is 15.0 Å². The Morgan fingerprint density at radius 1 is 1.41 bits per heavy atom. The lowest BCUT2D eigenvalue weighted by Crippen LogP contribution is -2.28. The fraction of sp³-hybridized carbons (Fsp3) is 0.267. The van der Waals surface area contributed by atoms with Crippen molar-refractivity contribution < 1.29 is 9.59 Å². The van der Waals surface area contributed by atoms with Crippen molar-refractivity contribution >= 4 is 49.9 Å². The fourth-order valence-electron chi connectivity index (χ4n) is 2.37. The van der Waals surface area contributed by atoms with Gasteiger partial charge in [0.05, 0.1) is 5.92 Å². The van der Waals surface area contributed by atoms with Gasteiger partial charge in [-0.25, -0.2) is 4.98 Å². The van der Waals surface area contributed by atoms with Crippen molar-refractivity contribution in [3.8, 4) is 0 Å². The summed E-state index contributed by atoms with van der Waals surface area (Å²) in [6, 6.07) is 7.50. The Kier molecular flexibility index (Phi) is 4.26. The molecule has 1 aromatic carbocycles. The van der Waals surface area contributed by atoms with Gasteiger partial charge in [-0.2, -0.15) is 0 Å². The molecule has 0 bridgehead atoms. The molecule has 7 heteroatoms. The molecule has 1 aliphatic heterocycles. The molecule has 114 valence electrons. The second kappa shape index (κ2) is 6.18. The van der Waals surface area contributed by atoms with Crippen molar-refractivity contribution in [3.05, 3.63) is 39.8 Å². The standard InChI is InChI=1S/C15H14BrN3O2S/c1-9-7-17-15(22-9)18-14(21)10-6-13(20)19(8-10)12-4-2-11(16)3-5-12/h2-5,7,10H,6,8H2,1H3,(H,17,18,21). The third kappa shape index (κ3) is 3.20. The number of carbonyl (C=O) groups is 2. The second-order valence-electron chi connectivity index (χ2n) is 5.15. The number of amides is 2. The Labute approximate surface area is 140 Å². The van der Waals surface area contributed by atoms with Crippen molar-refractivity contribution in [2.24, 2.45) is 5.92 Å². The molecule has 1 N–H and O–H groups in total. The summed E-state index contributed by atoms with van der Waals surface area (Å²) in [6.07, 6.45) is 1.94. The highest BCUT2D eigenvalue weighted by molar-refractivity contribution is 9.10. The fourth-order valence-corrected chi connectivity index (χ4v) is 3.31. The number of hydrogen-bond donors (Lipinski definition) is 1. The van der Waals surface area contributed by atoms with E-state index in [2.05, 4.69) is 26.2 Å². The van der Waals surface area contributed by atoms with Gasteiger partial charge in [0.15, 0.2) is 5.13 Å². The van der Waals surface area contributed by atoms with Crippen molar-refractivity contribution in [1.29, 1.82) is 0 Å². The Bertz CT molecular complexity index is 714. The van der Waals surface area contributed by atoms with E-state index >= 15 is 0 Å². The van der Waals surface area contributed by atoms with Gasteiger partial charge in [-0.1, -0.05) is 15.9 Å². The second-order valence-corrected chi connectivity index (χ2v) is 7.30. The van der Waals surface area contributed by atoms with E-state index in [0.29, 0.717) is 11.7 Å². The molecule has 1 aliphatic rings. The van der Waals surface area contributed by atoms with Gasteiger partial charge in [0.1, 0.15) is 0 Å². The summed E-state index contributed by atoms with van der Waals surface area (Å²) in [7, 11) is 0. The number of nitrogens with one attached hydrogen (secondary N) is 1. The molecule has 1 saturated heterocycles. The van der Waals surface area contributed by atoms with Crippen LogP contribution in [0, 0.1) is 12.8 Å². The van der Waals surface area contributed by atoms with Gasteiger partial charge in [0.25, 0.3) is 0 Å². The number of thiazole rings is 1. The van der Waals surface area contributed by atoms with Gasteiger partial charge in [-0.05, 0) is 31.2 Å². The summed E-state index contributed by atoms with van der Waals surface area (Å²) < 4.78 is 0.955. The van der Waals surface area contributed by atoms with Gasteiger partial charge in [0.2, 0.25) is 11.8 Å². The number of anilines is 2. The average molecular weight is 380 g/mol. The van der Waals surface area contributed by atoms with Gasteiger partial charge in [-0.15, -0.1) is 11.3 Å². The zero-order valence-electron chi connectivity index (χ0n) is 11.9. The van der Waals surface area contributed by atoms with Gasteiger partial charge >= 0.3 is 0 Å². The smallest absolute Gasteiger partial charge is 0.231 e. The molecule has 3 rings (SSSR count). The van der Waals surface area contributed by atoms with Crippen LogP contribution in [-0.4, -0.2) is 23.3 Å². The molecule has 22 heavy (non-hydrogen) atoms. The highest BCUT2D eigenvalue weighted by atomic mass is 79.9. The molecule has 1 atom stereocenters. The Hall–Kier alpha value is -1.73. The summed E-state index contributed by atoms with van der Waals surface area (Å²) in [5, 5.41) is 3.37. The number of hydrogen-bond acceptors (Lipinski definition) is 4. The Morgan fingerprint density at radius 2 is 2.14 bits per heavy atom. The molecule has 1 fully saturated rings. The molecule has 0 radical (unpaired) electrons. The molecule has 0 saturated carbocycles. The van der Waals surface area contributed by atoms with E-state index in [1.165, 1.54) is 11.3 Å². The van der Waals surface area contributed by atoms with Crippen molar-refractivity contribution in [3.63, 3.8) is 0 Å². The van der Waals surface area contributed by atoms with E-state index in [-0.39, 0.29) is 24.2 Å². The van der Waals surface area contributed by atoms with Crippen LogP contribution in [-0.2, 0) is 9.59 Å². The van der Waals surface area contributed by atoms with Crippen LogP contribution in [0.1, 0.15) is 11.3 Å². The maximum Gasteiger partial charge on any atom is 0.231 e. The van der Waals surface area contributed by atoms with Gasteiger partial charge in [0, 0.05) is 34.2 Å². The SMILES string of the molecule is Cc1cnc(NC(=O)C2CC(=O)N(c3ccc(Br)cc3)C2)s1. The summed E-state index contributed by atoms with van der Waals surface area (Å²) in [5.41, 5.74) is 0.814. The first kappa shape index (κ1) is 15.2. The van der Waals surface area contributed by atoms with Crippen LogP contribution in [0.2, 0.25) is 0 Å². The Balaban J connectivity index is 1.68. The predicted octanol–water partition coefficient (Wildman–Crippen LogP) is 3.21. The van der Waals surface area contributed by atoms with E-state index < -0.39 is 0 Å². The number of benzene rings is 1. The minimum atomic E-state index is -0.347. The lowest BCUT2D eigenvalue weighted by atomic mass is 10.1. The maximum atomic E-state index is 12.3. The van der Waals surface area contributed by atoms with Crippen molar-refractivity contribution in [1.82, 2.24) is 4.98 Å². The number of rotatable bonds is 3. The third-order valence-corrected chi connectivity index (χ3v) is 4.84. The third-order valence-electron chi connectivity index (χ3n) is 3.49. The lowest BCUT2D eigenvalue weighted by molar-refractivity contribution is -0.122. The monoisotopic (exact) mass is 379 g/mol. The number of halogens is 1. The maximum absolute atomic E-state index is 12.3. The lowest BCUT2D eigenvalue weighted by Gasteiger charge is -2.16. The summed E-state index contributed by atoms with van der Waals surface area (Å²) in [4.78, 5) is 31.2. The van der Waals surface area contributed by atoms with Crippen LogP contribution in [0.15, 0.2) is 34.9 Å². The van der Waals surface area contributed by atoms with Crippen LogP contribution in [0.3, 0.4) is 0 Å². The highest BCUT2D eigenvalue weighted by Gasteiger charge is 2.35. The molecule has 2 aromatic rings. The van der Waals surface area contributed by atoms with Gasteiger partial charge in [-0.3, -0.25) is 9.59 Å². The topological polar surface area (TPSA) is 62.3 Å². The molecule has 0 spiro atoms. The first-order chi connectivity index (χ1) is 10.5. The van der Waals surface area contributed by atoms with E-state index in [4.69, 9.17) is 0 Å². The molecule has 1 unspecified atom stereocenters. The molecular weight excluding hydrogens is 366 g/mol. The molecule has 1 aromatic heterocycles. The zero-order valence-corrected chi connectivity index (χ0v) is 14.3. The number of aryl methyl sites for hydroxylation is 1. The highest BCUT2D eigenvalue weighted by Crippen LogP contribution is 2.27. The molecule has 5 nitrogen and oxygen atoms in total. The van der Waals surface area contributed by atoms with Crippen LogP contribution < -0.4 is 10.2 Å². The number of aromatic nitrogens is 1. The van der Waals surface area contributed by atoms with Crippen molar-refractivity contribution in [2.75, 3.05) is 16.8 Å². The molecular formula is C15H14BrN3O2S. The summed E-state index contributed by atoms with van der Waals surface area (Å²) >= 11 is 4.80.